The lowest BCUT2D eigenvalue weighted by molar-refractivity contribution is -0.123. The minimum Gasteiger partial charge on any atom is -0.369 e. The molecule has 1 fully saturated rings. The number of aromatic nitrogens is 1. The van der Waals surface area contributed by atoms with E-state index in [0.29, 0.717) is 12.4 Å². The van der Waals surface area contributed by atoms with Crippen molar-refractivity contribution in [2.45, 2.75) is 19.3 Å². The van der Waals surface area contributed by atoms with Crippen molar-refractivity contribution in [2.24, 2.45) is 11.7 Å². The van der Waals surface area contributed by atoms with Gasteiger partial charge in [-0.2, -0.15) is 0 Å². The Hall–Kier alpha value is -1.69. The number of pyridine rings is 1. The number of carbonyl (C=O) groups is 1. The average Bonchev–Trinajstić information content (AvgIpc) is 2.46. The molecule has 3 N–H and O–H groups in total. The van der Waals surface area contributed by atoms with Crippen molar-refractivity contribution in [1.82, 2.24) is 9.88 Å². The molecule has 0 aliphatic carbocycles. The molecule has 1 aromatic rings. The number of hydrogen-bond donors (Lipinski definition) is 2. The van der Waals surface area contributed by atoms with Crippen LogP contribution in [-0.4, -0.2) is 42.0 Å². The van der Waals surface area contributed by atoms with Crippen LogP contribution in [0.2, 0.25) is 0 Å². The summed E-state index contributed by atoms with van der Waals surface area (Å²) in [5, 5.41) is 2.99. The van der Waals surface area contributed by atoms with Gasteiger partial charge in [0.05, 0.1) is 0 Å². The van der Waals surface area contributed by atoms with Crippen LogP contribution in [0.1, 0.15) is 19.3 Å². The molecule has 1 amide bonds. The first-order chi connectivity index (χ1) is 9.66. The highest BCUT2D eigenvalue weighted by Gasteiger charge is 2.22. The Morgan fingerprint density at radius 1 is 1.50 bits per heavy atom. The van der Waals surface area contributed by atoms with Gasteiger partial charge in [-0.3, -0.25) is 4.79 Å². The van der Waals surface area contributed by atoms with Gasteiger partial charge in [0.2, 0.25) is 5.91 Å². The molecule has 0 bridgehead atoms. The monoisotopic (exact) mass is 280 g/mol. The predicted octanol–water partition coefficient (Wildman–Crippen LogP) is 1.22. The first kappa shape index (κ1) is 14.7. The Morgan fingerprint density at radius 2 is 2.25 bits per heavy atom. The van der Waals surface area contributed by atoms with Gasteiger partial charge in [0, 0.05) is 18.7 Å². The highest BCUT2D eigenvalue weighted by Crippen LogP contribution is 2.16. The SMILES string of the molecule is NC(=O)C1CCN(CCCNc2ncccc2F)CC1. The highest BCUT2D eigenvalue weighted by atomic mass is 19.1. The van der Waals surface area contributed by atoms with Gasteiger partial charge < -0.3 is 16.0 Å². The molecule has 110 valence electrons. The number of amides is 1. The molecule has 1 aliphatic heterocycles. The number of likely N-dealkylation sites (tertiary alicyclic amines) is 1. The lowest BCUT2D eigenvalue weighted by Gasteiger charge is -2.30. The van der Waals surface area contributed by atoms with Crippen molar-refractivity contribution in [3.05, 3.63) is 24.1 Å². The Kier molecular flexibility index (Phi) is 5.29. The van der Waals surface area contributed by atoms with Crippen LogP contribution in [0.25, 0.3) is 0 Å². The van der Waals surface area contributed by atoms with E-state index in [0.717, 1.165) is 38.9 Å². The van der Waals surface area contributed by atoms with Gasteiger partial charge in [-0.05, 0) is 51.0 Å². The zero-order valence-corrected chi connectivity index (χ0v) is 11.5. The van der Waals surface area contributed by atoms with Crippen LogP contribution in [0.4, 0.5) is 10.2 Å². The van der Waals surface area contributed by atoms with E-state index in [2.05, 4.69) is 15.2 Å². The molecule has 1 aromatic heterocycles. The normalized spacial score (nSPS) is 17.1. The third-order valence-corrected chi connectivity index (χ3v) is 3.69. The summed E-state index contributed by atoms with van der Waals surface area (Å²) in [6.07, 6.45) is 4.17. The van der Waals surface area contributed by atoms with E-state index in [4.69, 9.17) is 5.73 Å². The standard InChI is InChI=1S/C14H21FN4O/c15-12-3-1-6-17-14(12)18-7-2-8-19-9-4-11(5-10-19)13(16)20/h1,3,6,11H,2,4-5,7-10H2,(H2,16,20)(H,17,18). The van der Waals surface area contributed by atoms with Gasteiger partial charge in [-0.15, -0.1) is 0 Å². The Bertz CT molecular complexity index is 447. The van der Waals surface area contributed by atoms with Gasteiger partial charge in [0.25, 0.3) is 0 Å². The first-order valence-corrected chi connectivity index (χ1v) is 7.03. The number of primary amides is 1. The molecule has 5 nitrogen and oxygen atoms in total. The number of piperidine rings is 1. The van der Waals surface area contributed by atoms with Crippen molar-refractivity contribution < 1.29 is 9.18 Å². The smallest absolute Gasteiger partial charge is 0.220 e. The second-order valence-corrected chi connectivity index (χ2v) is 5.13. The summed E-state index contributed by atoms with van der Waals surface area (Å²) >= 11 is 0. The van der Waals surface area contributed by atoms with E-state index < -0.39 is 0 Å². The van der Waals surface area contributed by atoms with Crippen molar-refractivity contribution in [1.29, 1.82) is 0 Å². The number of carbonyl (C=O) groups excluding carboxylic acids is 1. The quantitative estimate of drug-likeness (QED) is 0.769. The van der Waals surface area contributed by atoms with Gasteiger partial charge in [0.1, 0.15) is 0 Å². The fourth-order valence-electron chi connectivity index (χ4n) is 2.47. The minimum atomic E-state index is -0.324. The van der Waals surface area contributed by atoms with E-state index in [9.17, 15) is 9.18 Å². The van der Waals surface area contributed by atoms with Crippen LogP contribution in [0.3, 0.4) is 0 Å². The lowest BCUT2D eigenvalue weighted by Crippen LogP contribution is -2.39. The van der Waals surface area contributed by atoms with E-state index in [1.54, 1.807) is 12.3 Å². The summed E-state index contributed by atoms with van der Waals surface area (Å²) in [6.45, 7) is 3.44. The molecule has 0 aromatic carbocycles. The Morgan fingerprint density at radius 3 is 2.90 bits per heavy atom. The fourth-order valence-corrected chi connectivity index (χ4v) is 2.47. The number of hydrogen-bond acceptors (Lipinski definition) is 4. The third-order valence-electron chi connectivity index (χ3n) is 3.69. The molecular formula is C14H21FN4O. The van der Waals surface area contributed by atoms with Crippen LogP contribution in [0.15, 0.2) is 18.3 Å². The predicted molar refractivity (Wildman–Crippen MR) is 75.7 cm³/mol. The maximum atomic E-state index is 13.3. The molecule has 1 aliphatic rings. The Balaban J connectivity index is 1.63. The van der Waals surface area contributed by atoms with E-state index in [1.807, 2.05) is 0 Å². The van der Waals surface area contributed by atoms with Crippen LogP contribution in [0.5, 0.6) is 0 Å². The topological polar surface area (TPSA) is 71.2 Å². The number of anilines is 1. The van der Waals surface area contributed by atoms with Crippen molar-refractivity contribution in [3.63, 3.8) is 0 Å². The second kappa shape index (κ2) is 7.19. The lowest BCUT2D eigenvalue weighted by atomic mass is 9.96. The molecule has 20 heavy (non-hydrogen) atoms. The van der Waals surface area contributed by atoms with Crippen LogP contribution < -0.4 is 11.1 Å². The largest absolute Gasteiger partial charge is 0.369 e. The molecule has 2 heterocycles. The maximum Gasteiger partial charge on any atom is 0.220 e. The number of rotatable bonds is 6. The van der Waals surface area contributed by atoms with Gasteiger partial charge in [-0.25, -0.2) is 9.37 Å². The van der Waals surface area contributed by atoms with E-state index in [-0.39, 0.29) is 17.6 Å². The molecule has 0 radical (unpaired) electrons. The zero-order chi connectivity index (χ0) is 14.4. The number of halogens is 1. The molecule has 2 rings (SSSR count). The second-order valence-electron chi connectivity index (χ2n) is 5.13. The first-order valence-electron chi connectivity index (χ1n) is 7.03. The van der Waals surface area contributed by atoms with Crippen LogP contribution in [0, 0.1) is 11.7 Å². The van der Waals surface area contributed by atoms with Crippen LogP contribution >= 0.6 is 0 Å². The molecule has 6 heteroatoms. The Labute approximate surface area is 118 Å². The van der Waals surface area contributed by atoms with Gasteiger partial charge >= 0.3 is 0 Å². The molecule has 1 saturated heterocycles. The summed E-state index contributed by atoms with van der Waals surface area (Å²) in [4.78, 5) is 17.3. The molecule has 0 saturated carbocycles. The van der Waals surface area contributed by atoms with Crippen LogP contribution in [-0.2, 0) is 4.79 Å². The third kappa shape index (κ3) is 4.16. The summed E-state index contributed by atoms with van der Waals surface area (Å²) in [7, 11) is 0. The number of nitrogens with two attached hydrogens (primary N) is 1. The molecular weight excluding hydrogens is 259 g/mol. The van der Waals surface area contributed by atoms with Gasteiger partial charge in [-0.1, -0.05) is 0 Å². The molecule has 0 unspecified atom stereocenters. The fraction of sp³-hybridized carbons (Fsp3) is 0.571. The summed E-state index contributed by atoms with van der Waals surface area (Å²) < 4.78 is 13.3. The van der Waals surface area contributed by atoms with Crippen molar-refractivity contribution in [3.8, 4) is 0 Å². The molecule has 0 atom stereocenters. The zero-order valence-electron chi connectivity index (χ0n) is 11.5. The van der Waals surface area contributed by atoms with Crippen molar-refractivity contribution in [2.75, 3.05) is 31.5 Å². The minimum absolute atomic E-state index is 0.0342. The summed E-state index contributed by atoms with van der Waals surface area (Å²) in [6, 6.07) is 2.97. The van der Waals surface area contributed by atoms with E-state index in [1.165, 1.54) is 6.07 Å². The highest BCUT2D eigenvalue weighted by molar-refractivity contribution is 5.76. The number of nitrogens with one attached hydrogen (secondary N) is 1. The van der Waals surface area contributed by atoms with Gasteiger partial charge in [0.15, 0.2) is 11.6 Å². The summed E-state index contributed by atoms with van der Waals surface area (Å²) in [5.41, 5.74) is 5.30. The maximum absolute atomic E-state index is 13.3. The van der Waals surface area contributed by atoms with Crippen molar-refractivity contribution >= 4 is 11.7 Å². The van der Waals surface area contributed by atoms with E-state index >= 15 is 0 Å². The molecule has 0 spiro atoms. The number of nitrogens with zero attached hydrogens (tertiary/aromatic N) is 2. The average molecular weight is 280 g/mol. The summed E-state index contributed by atoms with van der Waals surface area (Å²) in [5.74, 6) is -0.168.